The van der Waals surface area contributed by atoms with Gasteiger partial charge in [-0.1, -0.05) is 37.3 Å². The Morgan fingerprint density at radius 2 is 1.82 bits per heavy atom. The third-order valence-electron chi connectivity index (χ3n) is 7.65. The molecule has 2 aromatic carbocycles. The minimum atomic E-state index is -1.39. The number of amides is 3. The summed E-state index contributed by atoms with van der Waals surface area (Å²) in [6, 6.07) is 10.4. The quantitative estimate of drug-likeness (QED) is 0.427. The zero-order valence-electron chi connectivity index (χ0n) is 22.3. The van der Waals surface area contributed by atoms with E-state index in [1.54, 1.807) is 9.80 Å². The van der Waals surface area contributed by atoms with Gasteiger partial charge in [0.25, 0.3) is 0 Å². The first-order valence-corrected chi connectivity index (χ1v) is 13.4. The van der Waals surface area contributed by atoms with Crippen LogP contribution in [0.3, 0.4) is 0 Å². The molecule has 0 spiro atoms. The van der Waals surface area contributed by atoms with E-state index in [1.165, 1.54) is 0 Å². The van der Waals surface area contributed by atoms with Crippen molar-refractivity contribution in [2.45, 2.75) is 63.9 Å². The number of hydrogen-bond donors (Lipinski definition) is 3. The molecule has 0 aliphatic carbocycles. The number of likely N-dealkylation sites (tertiary alicyclic amines) is 1. The van der Waals surface area contributed by atoms with E-state index in [9.17, 15) is 28.3 Å². The monoisotopic (exact) mass is 542 g/mol. The maximum absolute atomic E-state index is 14.0. The van der Waals surface area contributed by atoms with Gasteiger partial charge in [-0.2, -0.15) is 0 Å². The molecule has 3 amide bonds. The summed E-state index contributed by atoms with van der Waals surface area (Å²) in [5, 5.41) is 17.3. The van der Waals surface area contributed by atoms with Crippen LogP contribution in [-0.4, -0.2) is 76.5 Å². The highest BCUT2D eigenvalue weighted by Gasteiger charge is 2.41. The van der Waals surface area contributed by atoms with Gasteiger partial charge in [0.15, 0.2) is 0 Å². The maximum atomic E-state index is 14.0. The Bertz CT molecular complexity index is 1160. The van der Waals surface area contributed by atoms with E-state index in [-0.39, 0.29) is 42.8 Å². The van der Waals surface area contributed by atoms with E-state index in [0.29, 0.717) is 19.6 Å². The van der Waals surface area contributed by atoms with Crippen molar-refractivity contribution in [3.63, 3.8) is 0 Å². The van der Waals surface area contributed by atoms with Crippen LogP contribution < -0.4 is 10.6 Å². The van der Waals surface area contributed by atoms with Crippen molar-refractivity contribution in [3.05, 3.63) is 71.3 Å². The molecule has 5 atom stereocenters. The third-order valence-corrected chi connectivity index (χ3v) is 7.65. The molecular weight excluding hydrogens is 506 g/mol. The van der Waals surface area contributed by atoms with Crippen molar-refractivity contribution in [2.75, 3.05) is 19.6 Å². The van der Waals surface area contributed by atoms with Crippen LogP contribution in [0.15, 0.2) is 48.5 Å². The van der Waals surface area contributed by atoms with Gasteiger partial charge in [-0.25, -0.2) is 8.78 Å². The zero-order valence-corrected chi connectivity index (χ0v) is 22.3. The molecule has 2 aliphatic rings. The average molecular weight is 543 g/mol. The number of hydrogen-bond acceptors (Lipinski definition) is 5. The van der Waals surface area contributed by atoms with Gasteiger partial charge in [-0.3, -0.25) is 14.4 Å². The zero-order chi connectivity index (χ0) is 28.1. The molecule has 3 N–H and O–H groups in total. The normalized spacial score (nSPS) is 22.1. The Kier molecular flexibility index (Phi) is 9.29. The van der Waals surface area contributed by atoms with Crippen molar-refractivity contribution in [2.24, 2.45) is 5.92 Å². The van der Waals surface area contributed by atoms with Gasteiger partial charge < -0.3 is 25.5 Å². The summed E-state index contributed by atoms with van der Waals surface area (Å²) in [6.45, 7) is 5.38. The van der Waals surface area contributed by atoms with Crippen molar-refractivity contribution in [1.29, 1.82) is 0 Å². The van der Waals surface area contributed by atoms with Gasteiger partial charge in [0, 0.05) is 44.7 Å². The summed E-state index contributed by atoms with van der Waals surface area (Å²) in [5.41, 5.74) is 1.17. The predicted molar refractivity (Wildman–Crippen MR) is 141 cm³/mol. The van der Waals surface area contributed by atoms with E-state index in [0.717, 1.165) is 30.2 Å². The number of carbonyl (C=O) groups excluding carboxylic acids is 3. The smallest absolute Gasteiger partial charge is 0.242 e. The second-order valence-electron chi connectivity index (χ2n) is 10.5. The lowest BCUT2D eigenvalue weighted by Crippen LogP contribution is -2.64. The predicted octanol–water partition coefficient (Wildman–Crippen LogP) is 2.00. The van der Waals surface area contributed by atoms with E-state index in [1.807, 2.05) is 44.2 Å². The summed E-state index contributed by atoms with van der Waals surface area (Å²) in [7, 11) is 0. The van der Waals surface area contributed by atoms with Crippen LogP contribution in [0.25, 0.3) is 0 Å². The highest BCUT2D eigenvalue weighted by Crippen LogP contribution is 2.23. The first kappa shape index (κ1) is 28.6. The van der Waals surface area contributed by atoms with Gasteiger partial charge >= 0.3 is 0 Å². The lowest BCUT2D eigenvalue weighted by atomic mass is 9.93. The fraction of sp³-hybridized carbons (Fsp3) is 0.483. The number of carbonyl (C=O) groups is 3. The molecule has 8 nitrogen and oxygen atoms in total. The first-order chi connectivity index (χ1) is 18.7. The molecule has 10 heteroatoms. The maximum Gasteiger partial charge on any atom is 0.242 e. The number of halogens is 2. The lowest BCUT2D eigenvalue weighted by Gasteiger charge is -2.38. The highest BCUT2D eigenvalue weighted by molar-refractivity contribution is 5.89. The minimum absolute atomic E-state index is 0.00776. The summed E-state index contributed by atoms with van der Waals surface area (Å²) >= 11 is 0. The van der Waals surface area contributed by atoms with Crippen molar-refractivity contribution < 1.29 is 28.3 Å². The van der Waals surface area contributed by atoms with Crippen LogP contribution in [0.5, 0.6) is 0 Å². The second kappa shape index (κ2) is 12.7. The van der Waals surface area contributed by atoms with E-state index in [4.69, 9.17) is 0 Å². The molecule has 0 aromatic heterocycles. The number of aliphatic hydroxyl groups excluding tert-OH is 1. The number of rotatable bonds is 10. The Labute approximate surface area is 227 Å². The van der Waals surface area contributed by atoms with Crippen LogP contribution in [0, 0.1) is 17.6 Å². The van der Waals surface area contributed by atoms with Crippen LogP contribution in [0.4, 0.5) is 8.78 Å². The van der Waals surface area contributed by atoms with Crippen molar-refractivity contribution in [1.82, 2.24) is 20.4 Å². The third kappa shape index (κ3) is 6.99. The number of benzene rings is 2. The number of piperazine rings is 1. The molecule has 2 fully saturated rings. The van der Waals surface area contributed by atoms with Crippen molar-refractivity contribution in [3.8, 4) is 0 Å². The summed E-state index contributed by atoms with van der Waals surface area (Å²) < 4.78 is 27.9. The molecule has 2 heterocycles. The molecule has 2 saturated heterocycles. The summed E-state index contributed by atoms with van der Waals surface area (Å²) in [4.78, 5) is 42.5. The standard InChI is InChI=1S/C29H36F2N4O4/c1-3-18(2)35-17-21(14-25(35)36)28(38)33-24(13-20-11-22(30)15-23(31)12-20)27(37)26-29(39)34(10-9-32-26)16-19-7-5-4-6-8-19/h4-8,11-12,15,18,21,24,26-27,32,37H,3,9-10,13-14,16-17H2,1-2H3,(H,33,38)/t18?,21?,24-,26-,27-/m0/s1. The molecule has 210 valence electrons. The Morgan fingerprint density at radius 3 is 2.49 bits per heavy atom. The van der Waals surface area contributed by atoms with E-state index >= 15 is 0 Å². The van der Waals surface area contributed by atoms with Crippen LogP contribution in [0.1, 0.15) is 37.8 Å². The molecule has 2 aromatic rings. The molecule has 4 rings (SSSR count). The van der Waals surface area contributed by atoms with Gasteiger partial charge in [-0.15, -0.1) is 0 Å². The molecule has 0 radical (unpaired) electrons. The van der Waals surface area contributed by atoms with Gasteiger partial charge in [0.05, 0.1) is 18.1 Å². The molecule has 2 aliphatic heterocycles. The summed E-state index contributed by atoms with van der Waals surface area (Å²) in [6.07, 6.45) is -0.712. The Hall–Kier alpha value is -3.37. The fourth-order valence-electron chi connectivity index (χ4n) is 5.30. The Morgan fingerprint density at radius 1 is 1.13 bits per heavy atom. The second-order valence-corrected chi connectivity index (χ2v) is 10.5. The van der Waals surface area contributed by atoms with Gasteiger partial charge in [0.2, 0.25) is 17.7 Å². The van der Waals surface area contributed by atoms with Gasteiger partial charge in [0.1, 0.15) is 17.7 Å². The number of nitrogens with one attached hydrogen (secondary N) is 2. The van der Waals surface area contributed by atoms with Crippen molar-refractivity contribution >= 4 is 17.7 Å². The molecule has 2 unspecified atom stereocenters. The average Bonchev–Trinajstić information content (AvgIpc) is 3.30. The highest BCUT2D eigenvalue weighted by atomic mass is 19.1. The number of nitrogens with zero attached hydrogens (tertiary/aromatic N) is 2. The lowest BCUT2D eigenvalue weighted by molar-refractivity contribution is -0.141. The summed E-state index contributed by atoms with van der Waals surface area (Å²) in [5.74, 6) is -3.09. The molecule has 0 bridgehead atoms. The first-order valence-electron chi connectivity index (χ1n) is 13.4. The van der Waals surface area contributed by atoms with Gasteiger partial charge in [-0.05, 0) is 43.0 Å². The van der Waals surface area contributed by atoms with E-state index in [2.05, 4.69) is 10.6 Å². The van der Waals surface area contributed by atoms with E-state index < -0.39 is 41.6 Å². The van der Waals surface area contributed by atoms with Crippen LogP contribution >= 0.6 is 0 Å². The SMILES string of the molecule is CCC(C)N1CC(C(=O)N[C@@H](Cc2cc(F)cc(F)c2)[C@H](O)[C@@H]2NCCN(Cc3ccccc3)C2=O)CC1=O. The number of aliphatic hydroxyl groups is 1. The fourth-order valence-corrected chi connectivity index (χ4v) is 5.30. The van der Waals surface area contributed by atoms with Crippen LogP contribution in [0.2, 0.25) is 0 Å². The Balaban J connectivity index is 1.53. The largest absolute Gasteiger partial charge is 0.389 e. The molecule has 39 heavy (non-hydrogen) atoms. The van der Waals surface area contributed by atoms with Crippen LogP contribution in [-0.2, 0) is 27.3 Å². The minimum Gasteiger partial charge on any atom is -0.389 e. The topological polar surface area (TPSA) is 102 Å². The molecule has 0 saturated carbocycles. The molecular formula is C29H36F2N4O4.